The topological polar surface area (TPSA) is 63.9 Å². The Morgan fingerprint density at radius 2 is 2.67 bits per heavy atom. The number of ether oxygens (including phenoxy) is 1. The van der Waals surface area contributed by atoms with Crippen molar-refractivity contribution in [2.45, 2.75) is 0 Å². The van der Waals surface area contributed by atoms with Crippen molar-refractivity contribution in [2.24, 2.45) is 5.73 Å². The molecule has 0 aromatic carbocycles. The summed E-state index contributed by atoms with van der Waals surface area (Å²) in [5.74, 6) is 0. The first-order valence-electron chi connectivity index (χ1n) is 2.25. The van der Waals surface area contributed by atoms with Crippen molar-refractivity contribution in [3.63, 3.8) is 0 Å². The lowest BCUT2D eigenvalue weighted by Crippen LogP contribution is -2.16. The summed E-state index contributed by atoms with van der Waals surface area (Å²) < 4.78 is 4.70. The van der Waals surface area contributed by atoms with Crippen molar-refractivity contribution >= 4 is 17.4 Å². The fourth-order valence-electron chi connectivity index (χ4n) is 0.402. The Balaban J connectivity index is 2.58. The second kappa shape index (κ2) is 2.45. The van der Waals surface area contributed by atoms with Gasteiger partial charge in [0, 0.05) is 12.4 Å². The zero-order valence-corrected chi connectivity index (χ0v) is 5.31. The molecule has 1 heterocycles. The molecule has 1 aromatic rings. The Hall–Kier alpha value is -1.10. The van der Waals surface area contributed by atoms with Crippen LogP contribution < -0.4 is 10.5 Å². The number of H-pyrrole nitrogens is 1. The molecule has 9 heavy (non-hydrogen) atoms. The van der Waals surface area contributed by atoms with Gasteiger partial charge in [0.15, 0.2) is 0 Å². The van der Waals surface area contributed by atoms with Gasteiger partial charge in [0.05, 0.1) is 0 Å². The summed E-state index contributed by atoms with van der Waals surface area (Å²) in [7, 11) is 0. The molecule has 0 saturated heterocycles. The second-order valence-corrected chi connectivity index (χ2v) is 1.72. The van der Waals surface area contributed by atoms with Crippen LogP contribution in [0.3, 0.4) is 0 Å². The zero-order chi connectivity index (χ0) is 6.69. The number of nitrogens with two attached hydrogens (primary N) is 1. The highest BCUT2D eigenvalue weighted by Gasteiger charge is 1.93. The highest BCUT2D eigenvalue weighted by molar-refractivity contribution is 7.80. The quantitative estimate of drug-likeness (QED) is 0.544. The molecule has 0 radical (unpaired) electrons. The van der Waals surface area contributed by atoms with Gasteiger partial charge in [0.1, 0.15) is 0 Å². The molecule has 0 saturated carbocycles. The SMILES string of the molecule is NC(=S)Oc1ncc[nH]1. The number of hydrogen-bond acceptors (Lipinski definition) is 3. The fourth-order valence-corrected chi connectivity index (χ4v) is 0.481. The molecule has 0 unspecified atom stereocenters. The van der Waals surface area contributed by atoms with Crippen LogP contribution in [-0.4, -0.2) is 15.1 Å². The van der Waals surface area contributed by atoms with Gasteiger partial charge in [-0.05, 0) is 12.2 Å². The summed E-state index contributed by atoms with van der Waals surface area (Å²) in [4.78, 5) is 6.38. The van der Waals surface area contributed by atoms with Crippen molar-refractivity contribution in [3.05, 3.63) is 12.4 Å². The molecule has 0 atom stereocenters. The molecule has 0 amide bonds. The molecule has 1 rings (SSSR count). The van der Waals surface area contributed by atoms with E-state index >= 15 is 0 Å². The van der Waals surface area contributed by atoms with Gasteiger partial charge in [-0.3, -0.25) is 0 Å². The third-order valence-corrected chi connectivity index (χ3v) is 0.754. The van der Waals surface area contributed by atoms with Gasteiger partial charge < -0.3 is 15.5 Å². The van der Waals surface area contributed by atoms with E-state index in [2.05, 4.69) is 22.2 Å². The molecule has 0 aliphatic carbocycles. The van der Waals surface area contributed by atoms with E-state index in [0.29, 0.717) is 6.01 Å². The fraction of sp³-hybridized carbons (Fsp3) is 0. The number of imidazole rings is 1. The molecule has 3 N–H and O–H groups in total. The Kier molecular flexibility index (Phi) is 1.64. The maximum absolute atomic E-state index is 5.03. The van der Waals surface area contributed by atoms with Gasteiger partial charge in [0.25, 0.3) is 5.17 Å². The lowest BCUT2D eigenvalue weighted by Gasteiger charge is -1.93. The van der Waals surface area contributed by atoms with Crippen molar-refractivity contribution in [2.75, 3.05) is 0 Å². The van der Waals surface area contributed by atoms with E-state index in [9.17, 15) is 0 Å². The number of aromatic nitrogens is 2. The van der Waals surface area contributed by atoms with E-state index in [1.165, 1.54) is 0 Å². The van der Waals surface area contributed by atoms with Crippen LogP contribution >= 0.6 is 12.2 Å². The maximum Gasteiger partial charge on any atom is 0.300 e. The Morgan fingerprint density at radius 1 is 1.89 bits per heavy atom. The third-order valence-electron chi connectivity index (χ3n) is 0.670. The number of rotatable bonds is 1. The minimum absolute atomic E-state index is 0.0371. The van der Waals surface area contributed by atoms with E-state index in [-0.39, 0.29) is 5.17 Å². The molecule has 48 valence electrons. The van der Waals surface area contributed by atoms with E-state index in [0.717, 1.165) is 0 Å². The third kappa shape index (κ3) is 1.69. The zero-order valence-electron chi connectivity index (χ0n) is 4.50. The number of nitrogens with zero attached hydrogens (tertiary/aromatic N) is 1. The average Bonchev–Trinajstić information content (AvgIpc) is 2.15. The summed E-state index contributed by atoms with van der Waals surface area (Å²) >= 11 is 4.44. The average molecular weight is 143 g/mol. The molecule has 1 aromatic heterocycles. The van der Waals surface area contributed by atoms with Crippen molar-refractivity contribution in [1.29, 1.82) is 0 Å². The first-order valence-corrected chi connectivity index (χ1v) is 2.66. The Bertz CT molecular complexity index is 196. The summed E-state index contributed by atoms with van der Waals surface area (Å²) in [5.41, 5.74) is 5.03. The summed E-state index contributed by atoms with van der Waals surface area (Å²) in [6.45, 7) is 0. The normalized spacial score (nSPS) is 8.89. The monoisotopic (exact) mass is 143 g/mol. The van der Waals surface area contributed by atoms with Crippen LogP contribution in [0.5, 0.6) is 6.01 Å². The molecule has 0 bridgehead atoms. The van der Waals surface area contributed by atoms with E-state index in [1.807, 2.05) is 0 Å². The Morgan fingerprint density at radius 3 is 3.11 bits per heavy atom. The van der Waals surface area contributed by atoms with Gasteiger partial charge in [-0.2, -0.15) is 0 Å². The summed E-state index contributed by atoms with van der Waals surface area (Å²) in [6.07, 6.45) is 3.17. The lowest BCUT2D eigenvalue weighted by atomic mass is 11.0. The van der Waals surface area contributed by atoms with Crippen molar-refractivity contribution in [3.8, 4) is 6.01 Å². The highest BCUT2D eigenvalue weighted by Crippen LogP contribution is 1.96. The van der Waals surface area contributed by atoms with Gasteiger partial charge in [-0.15, -0.1) is 0 Å². The summed E-state index contributed by atoms with van der Waals surface area (Å²) in [5, 5.41) is -0.0371. The van der Waals surface area contributed by atoms with E-state index in [4.69, 9.17) is 10.5 Å². The molecule has 5 heteroatoms. The molecule has 0 spiro atoms. The first kappa shape index (κ1) is 6.03. The molecular weight excluding hydrogens is 138 g/mol. The largest absolute Gasteiger partial charge is 0.398 e. The number of hydrogen-bond donors (Lipinski definition) is 2. The number of nitrogens with one attached hydrogen (secondary N) is 1. The highest BCUT2D eigenvalue weighted by atomic mass is 32.1. The minimum atomic E-state index is -0.0371. The van der Waals surface area contributed by atoms with Crippen molar-refractivity contribution in [1.82, 2.24) is 9.97 Å². The van der Waals surface area contributed by atoms with Gasteiger partial charge in [-0.25, -0.2) is 4.98 Å². The van der Waals surface area contributed by atoms with Gasteiger partial charge >= 0.3 is 6.01 Å². The molecular formula is C4H5N3OS. The standard InChI is InChI=1S/C4H5N3OS/c5-3(9)8-4-6-1-2-7-4/h1-2H,(H2,5,9)(H,6,7). The predicted octanol–water partition coefficient (Wildman–Crippen LogP) is 0.0321. The molecule has 0 aliphatic heterocycles. The Labute approximate surface area is 57.0 Å². The van der Waals surface area contributed by atoms with Crippen LogP contribution in [0.25, 0.3) is 0 Å². The first-order chi connectivity index (χ1) is 4.29. The van der Waals surface area contributed by atoms with Crippen LogP contribution in [0.4, 0.5) is 0 Å². The smallest absolute Gasteiger partial charge is 0.300 e. The minimum Gasteiger partial charge on any atom is -0.398 e. The van der Waals surface area contributed by atoms with Crippen LogP contribution in [0.2, 0.25) is 0 Å². The van der Waals surface area contributed by atoms with Gasteiger partial charge in [0.2, 0.25) is 0 Å². The van der Waals surface area contributed by atoms with Crippen molar-refractivity contribution < 1.29 is 4.74 Å². The molecule has 0 aliphatic rings. The van der Waals surface area contributed by atoms with Crippen LogP contribution in [0.1, 0.15) is 0 Å². The summed E-state index contributed by atoms with van der Waals surface area (Å²) in [6, 6.07) is 0.322. The maximum atomic E-state index is 5.03. The van der Waals surface area contributed by atoms with Gasteiger partial charge in [-0.1, -0.05) is 0 Å². The predicted molar refractivity (Wildman–Crippen MR) is 36.0 cm³/mol. The van der Waals surface area contributed by atoms with Crippen LogP contribution in [0, 0.1) is 0 Å². The van der Waals surface area contributed by atoms with E-state index in [1.54, 1.807) is 12.4 Å². The van der Waals surface area contributed by atoms with Crippen LogP contribution in [-0.2, 0) is 0 Å². The number of aromatic amines is 1. The second-order valence-electron chi connectivity index (χ2n) is 1.32. The lowest BCUT2D eigenvalue weighted by molar-refractivity contribution is 0.515. The number of thiocarbonyl (C=S) groups is 1. The molecule has 0 fully saturated rings. The van der Waals surface area contributed by atoms with E-state index < -0.39 is 0 Å². The van der Waals surface area contributed by atoms with Crippen LogP contribution in [0.15, 0.2) is 12.4 Å². The molecule has 4 nitrogen and oxygen atoms in total.